The molecule has 13 heavy (non-hydrogen) atoms. The van der Waals surface area contributed by atoms with Crippen molar-refractivity contribution >= 4 is 15.9 Å². The maximum Gasteiger partial charge on any atom is 0.169 e. The summed E-state index contributed by atoms with van der Waals surface area (Å²) in [6, 6.07) is 3.90. The second-order valence-corrected chi connectivity index (χ2v) is 4.60. The average Bonchev–Trinajstić information content (AvgIpc) is 2.54. The largest absolute Gasteiger partial charge is 0.452 e. The molecule has 72 valence electrons. The highest BCUT2D eigenvalue weighted by Crippen LogP contribution is 2.36. The SMILES string of the molecule is NC1(c2ccc(Br)o2)CCCCC1. The Balaban J connectivity index is 2.22. The number of hydrogen-bond acceptors (Lipinski definition) is 2. The molecule has 0 radical (unpaired) electrons. The molecule has 2 N–H and O–H groups in total. The van der Waals surface area contributed by atoms with E-state index in [1.807, 2.05) is 12.1 Å². The van der Waals surface area contributed by atoms with E-state index in [-0.39, 0.29) is 5.54 Å². The Morgan fingerprint density at radius 2 is 1.92 bits per heavy atom. The van der Waals surface area contributed by atoms with Gasteiger partial charge < -0.3 is 10.2 Å². The summed E-state index contributed by atoms with van der Waals surface area (Å²) in [5.74, 6) is 0.930. The predicted molar refractivity (Wildman–Crippen MR) is 55.4 cm³/mol. The van der Waals surface area contributed by atoms with E-state index in [1.165, 1.54) is 19.3 Å². The minimum atomic E-state index is -0.204. The monoisotopic (exact) mass is 243 g/mol. The van der Waals surface area contributed by atoms with Gasteiger partial charge in [0, 0.05) is 0 Å². The molecular formula is C10H14BrNO. The molecule has 0 unspecified atom stereocenters. The number of nitrogens with two attached hydrogens (primary N) is 1. The molecule has 0 bridgehead atoms. The minimum Gasteiger partial charge on any atom is -0.452 e. The van der Waals surface area contributed by atoms with Crippen LogP contribution in [-0.2, 0) is 5.54 Å². The predicted octanol–water partition coefficient (Wildman–Crippen LogP) is 3.16. The van der Waals surface area contributed by atoms with Crippen molar-refractivity contribution in [2.24, 2.45) is 5.73 Å². The van der Waals surface area contributed by atoms with Gasteiger partial charge in [0.05, 0.1) is 5.54 Å². The zero-order valence-electron chi connectivity index (χ0n) is 7.55. The zero-order valence-corrected chi connectivity index (χ0v) is 9.14. The molecule has 3 heteroatoms. The van der Waals surface area contributed by atoms with Gasteiger partial charge in [0.2, 0.25) is 0 Å². The maximum atomic E-state index is 6.28. The second kappa shape index (κ2) is 3.46. The Morgan fingerprint density at radius 3 is 2.46 bits per heavy atom. The van der Waals surface area contributed by atoms with Gasteiger partial charge in [-0.2, -0.15) is 0 Å². The molecule has 0 saturated heterocycles. The number of halogens is 1. The fourth-order valence-corrected chi connectivity index (χ4v) is 2.32. The lowest BCUT2D eigenvalue weighted by Gasteiger charge is -2.31. The third kappa shape index (κ3) is 1.81. The van der Waals surface area contributed by atoms with Crippen LogP contribution in [0.1, 0.15) is 37.9 Å². The van der Waals surface area contributed by atoms with Gasteiger partial charge in [-0.05, 0) is 40.9 Å². The van der Waals surface area contributed by atoms with Crippen LogP contribution >= 0.6 is 15.9 Å². The fraction of sp³-hybridized carbons (Fsp3) is 0.600. The van der Waals surface area contributed by atoms with Crippen molar-refractivity contribution in [2.75, 3.05) is 0 Å². The smallest absolute Gasteiger partial charge is 0.169 e. The molecule has 1 fully saturated rings. The Hall–Kier alpha value is -0.280. The molecule has 2 nitrogen and oxygen atoms in total. The van der Waals surface area contributed by atoms with Crippen LogP contribution < -0.4 is 5.73 Å². The molecule has 1 aliphatic rings. The Kier molecular flexibility index (Phi) is 2.47. The van der Waals surface area contributed by atoms with Crippen LogP contribution in [-0.4, -0.2) is 0 Å². The molecule has 2 rings (SSSR count). The second-order valence-electron chi connectivity index (χ2n) is 3.82. The summed E-state index contributed by atoms with van der Waals surface area (Å²) < 4.78 is 6.29. The van der Waals surface area contributed by atoms with Crippen molar-refractivity contribution in [3.63, 3.8) is 0 Å². The van der Waals surface area contributed by atoms with Crippen molar-refractivity contribution in [3.05, 3.63) is 22.6 Å². The van der Waals surface area contributed by atoms with E-state index in [9.17, 15) is 0 Å². The normalized spacial score (nSPS) is 21.7. The van der Waals surface area contributed by atoms with Crippen molar-refractivity contribution in [2.45, 2.75) is 37.6 Å². The van der Waals surface area contributed by atoms with Gasteiger partial charge in [-0.1, -0.05) is 19.3 Å². The first-order valence-electron chi connectivity index (χ1n) is 4.75. The molecular weight excluding hydrogens is 230 g/mol. The Bertz CT molecular complexity index is 289. The van der Waals surface area contributed by atoms with Gasteiger partial charge >= 0.3 is 0 Å². The van der Waals surface area contributed by atoms with Crippen LogP contribution in [0.5, 0.6) is 0 Å². The maximum absolute atomic E-state index is 6.28. The summed E-state index contributed by atoms with van der Waals surface area (Å²) in [7, 11) is 0. The van der Waals surface area contributed by atoms with Crippen LogP contribution in [0.15, 0.2) is 21.2 Å². The number of hydrogen-bond donors (Lipinski definition) is 1. The molecule has 0 aromatic carbocycles. The summed E-state index contributed by atoms with van der Waals surface area (Å²) >= 11 is 3.30. The summed E-state index contributed by atoms with van der Waals surface area (Å²) in [4.78, 5) is 0. The van der Waals surface area contributed by atoms with Crippen LogP contribution in [0.4, 0.5) is 0 Å². The molecule has 1 aliphatic carbocycles. The van der Waals surface area contributed by atoms with E-state index in [4.69, 9.17) is 10.2 Å². The molecule has 0 amide bonds. The van der Waals surface area contributed by atoms with Crippen molar-refractivity contribution in [1.29, 1.82) is 0 Å². The summed E-state index contributed by atoms with van der Waals surface area (Å²) in [6.07, 6.45) is 5.84. The highest BCUT2D eigenvalue weighted by molar-refractivity contribution is 9.10. The Morgan fingerprint density at radius 1 is 1.23 bits per heavy atom. The number of furan rings is 1. The van der Waals surface area contributed by atoms with Crippen LogP contribution in [0.25, 0.3) is 0 Å². The van der Waals surface area contributed by atoms with E-state index < -0.39 is 0 Å². The first-order chi connectivity index (χ1) is 6.21. The van der Waals surface area contributed by atoms with Crippen LogP contribution in [0, 0.1) is 0 Å². The molecule has 1 heterocycles. The van der Waals surface area contributed by atoms with Gasteiger partial charge in [0.25, 0.3) is 0 Å². The van der Waals surface area contributed by atoms with E-state index in [0.717, 1.165) is 23.3 Å². The third-order valence-electron chi connectivity index (χ3n) is 2.81. The van der Waals surface area contributed by atoms with Crippen molar-refractivity contribution in [3.8, 4) is 0 Å². The lowest BCUT2D eigenvalue weighted by atomic mass is 9.81. The minimum absolute atomic E-state index is 0.204. The standard InChI is InChI=1S/C10H14BrNO/c11-9-5-4-8(13-9)10(12)6-2-1-3-7-10/h4-5H,1-3,6-7,12H2. The van der Waals surface area contributed by atoms with Gasteiger partial charge in [0.15, 0.2) is 4.67 Å². The van der Waals surface area contributed by atoms with Gasteiger partial charge in [-0.3, -0.25) is 0 Å². The van der Waals surface area contributed by atoms with Crippen molar-refractivity contribution in [1.82, 2.24) is 0 Å². The zero-order chi connectivity index (χ0) is 9.31. The molecule has 1 aromatic rings. The average molecular weight is 244 g/mol. The quantitative estimate of drug-likeness (QED) is 0.824. The highest BCUT2D eigenvalue weighted by Gasteiger charge is 2.32. The van der Waals surface area contributed by atoms with Gasteiger partial charge in [0.1, 0.15) is 5.76 Å². The number of rotatable bonds is 1. The van der Waals surface area contributed by atoms with Gasteiger partial charge in [-0.15, -0.1) is 0 Å². The summed E-state index contributed by atoms with van der Waals surface area (Å²) in [6.45, 7) is 0. The van der Waals surface area contributed by atoms with Crippen LogP contribution in [0.3, 0.4) is 0 Å². The van der Waals surface area contributed by atoms with Gasteiger partial charge in [-0.25, -0.2) is 0 Å². The molecule has 1 aromatic heterocycles. The highest BCUT2D eigenvalue weighted by atomic mass is 79.9. The molecule has 0 atom stereocenters. The first kappa shape index (κ1) is 9.28. The van der Waals surface area contributed by atoms with Crippen molar-refractivity contribution < 1.29 is 4.42 Å². The molecule has 0 aliphatic heterocycles. The van der Waals surface area contributed by atoms with E-state index in [0.29, 0.717) is 0 Å². The topological polar surface area (TPSA) is 39.2 Å². The lowest BCUT2D eigenvalue weighted by Crippen LogP contribution is -2.38. The van der Waals surface area contributed by atoms with Crippen LogP contribution in [0.2, 0.25) is 0 Å². The lowest BCUT2D eigenvalue weighted by molar-refractivity contribution is 0.249. The first-order valence-corrected chi connectivity index (χ1v) is 5.55. The summed E-state index contributed by atoms with van der Waals surface area (Å²) in [5.41, 5.74) is 6.08. The van der Waals surface area contributed by atoms with E-state index in [2.05, 4.69) is 15.9 Å². The fourth-order valence-electron chi connectivity index (χ4n) is 2.01. The Labute approximate surface area is 86.6 Å². The molecule has 1 saturated carbocycles. The third-order valence-corrected chi connectivity index (χ3v) is 3.24. The van der Waals surface area contributed by atoms with E-state index >= 15 is 0 Å². The molecule has 0 spiro atoms. The van der Waals surface area contributed by atoms with E-state index in [1.54, 1.807) is 0 Å². The summed E-state index contributed by atoms with van der Waals surface area (Å²) in [5, 5.41) is 0.